The summed E-state index contributed by atoms with van der Waals surface area (Å²) in [5.74, 6) is 0.360. The van der Waals surface area contributed by atoms with Crippen LogP contribution in [0.1, 0.15) is 10.5 Å². The lowest BCUT2D eigenvalue weighted by atomic mass is 10.2. The minimum Gasteiger partial charge on any atom is -0.497 e. The molecule has 0 saturated heterocycles. The van der Waals surface area contributed by atoms with Crippen LogP contribution in [0, 0.1) is 0 Å². The number of hydrogen-bond acceptors (Lipinski definition) is 4. The van der Waals surface area contributed by atoms with Crippen molar-refractivity contribution < 1.29 is 14.3 Å². The Kier molecular flexibility index (Phi) is 5.33. The van der Waals surface area contributed by atoms with Gasteiger partial charge in [0.25, 0.3) is 5.91 Å². The second-order valence-corrected chi connectivity index (χ2v) is 5.49. The van der Waals surface area contributed by atoms with Gasteiger partial charge in [0.1, 0.15) is 5.75 Å². The molecule has 0 aliphatic carbocycles. The summed E-state index contributed by atoms with van der Waals surface area (Å²) in [5, 5.41) is 15.7. The van der Waals surface area contributed by atoms with E-state index in [1.807, 2.05) is 24.3 Å². The first-order chi connectivity index (χ1) is 12.7. The number of carbonyl (C=O) groups excluding carboxylic acids is 2. The lowest BCUT2D eigenvalue weighted by Crippen LogP contribution is -2.36. The molecule has 26 heavy (non-hydrogen) atoms. The topological polar surface area (TPSA) is 108 Å². The number of fused-ring (bicyclic) bond motifs is 1. The van der Waals surface area contributed by atoms with Gasteiger partial charge in [0, 0.05) is 30.2 Å². The maximum atomic E-state index is 12.2. The fraction of sp³-hybridized carbons (Fsp3) is 0.167. The number of hydrogen-bond donors (Lipinski definition) is 4. The van der Waals surface area contributed by atoms with Crippen molar-refractivity contribution in [1.29, 1.82) is 0 Å². The van der Waals surface area contributed by atoms with Crippen molar-refractivity contribution in [3.05, 3.63) is 54.2 Å². The van der Waals surface area contributed by atoms with Gasteiger partial charge in [0.05, 0.1) is 12.6 Å². The molecule has 0 saturated carbocycles. The molecule has 0 atom stereocenters. The third-order valence-electron chi connectivity index (χ3n) is 3.71. The molecule has 0 fully saturated rings. The molecule has 3 amide bonds. The number of methoxy groups -OCH3 is 1. The summed E-state index contributed by atoms with van der Waals surface area (Å²) < 4.78 is 5.10. The van der Waals surface area contributed by atoms with Gasteiger partial charge >= 0.3 is 6.03 Å². The number of ether oxygens (including phenoxy) is 1. The molecule has 3 aromatic rings. The van der Waals surface area contributed by atoms with Crippen LogP contribution in [0.2, 0.25) is 0 Å². The largest absolute Gasteiger partial charge is 0.497 e. The van der Waals surface area contributed by atoms with Crippen LogP contribution in [-0.4, -0.2) is 42.3 Å². The molecular weight excluding hydrogens is 334 g/mol. The van der Waals surface area contributed by atoms with Gasteiger partial charge in [0.15, 0.2) is 5.69 Å². The average Bonchev–Trinajstić information content (AvgIpc) is 3.09. The number of H-pyrrole nitrogens is 1. The number of para-hydroxylation sites is 1. The van der Waals surface area contributed by atoms with E-state index in [0.717, 1.165) is 10.9 Å². The van der Waals surface area contributed by atoms with Gasteiger partial charge in [0.2, 0.25) is 0 Å². The van der Waals surface area contributed by atoms with E-state index in [2.05, 4.69) is 26.1 Å². The molecule has 1 heterocycles. The number of anilines is 1. The van der Waals surface area contributed by atoms with Crippen molar-refractivity contribution in [2.24, 2.45) is 0 Å². The van der Waals surface area contributed by atoms with Gasteiger partial charge in [-0.2, -0.15) is 5.10 Å². The van der Waals surface area contributed by atoms with E-state index in [1.165, 1.54) is 0 Å². The molecule has 0 spiro atoms. The molecule has 1 aromatic heterocycles. The zero-order valence-corrected chi connectivity index (χ0v) is 14.2. The Morgan fingerprint density at radius 2 is 1.88 bits per heavy atom. The predicted octanol–water partition coefficient (Wildman–Crippen LogP) is 2.12. The molecule has 0 unspecified atom stereocenters. The molecule has 0 aliphatic rings. The highest BCUT2D eigenvalue weighted by atomic mass is 16.5. The van der Waals surface area contributed by atoms with Gasteiger partial charge in [-0.05, 0) is 18.2 Å². The smallest absolute Gasteiger partial charge is 0.319 e. The second kappa shape index (κ2) is 8.02. The predicted molar refractivity (Wildman–Crippen MR) is 98.4 cm³/mol. The first kappa shape index (κ1) is 17.3. The van der Waals surface area contributed by atoms with Crippen molar-refractivity contribution in [3.63, 3.8) is 0 Å². The summed E-state index contributed by atoms with van der Waals surface area (Å²) >= 11 is 0. The number of nitrogens with zero attached hydrogens (tertiary/aromatic N) is 1. The number of carbonyl (C=O) groups is 2. The van der Waals surface area contributed by atoms with Gasteiger partial charge < -0.3 is 20.7 Å². The number of nitrogens with one attached hydrogen (secondary N) is 4. The Morgan fingerprint density at radius 3 is 2.73 bits per heavy atom. The third kappa shape index (κ3) is 4.10. The summed E-state index contributed by atoms with van der Waals surface area (Å²) in [6.07, 6.45) is 0. The Labute approximate surface area is 149 Å². The van der Waals surface area contributed by atoms with Crippen molar-refractivity contribution in [3.8, 4) is 5.75 Å². The first-order valence-corrected chi connectivity index (χ1v) is 8.07. The highest BCUT2D eigenvalue weighted by Gasteiger charge is 2.13. The summed E-state index contributed by atoms with van der Waals surface area (Å²) in [6, 6.07) is 14.1. The zero-order valence-electron chi connectivity index (χ0n) is 14.2. The number of urea groups is 1. The molecule has 8 heteroatoms. The van der Waals surface area contributed by atoms with E-state index in [0.29, 0.717) is 17.1 Å². The number of aromatic amines is 1. The Morgan fingerprint density at radius 1 is 1.08 bits per heavy atom. The van der Waals surface area contributed by atoms with E-state index in [4.69, 9.17) is 4.74 Å². The third-order valence-corrected chi connectivity index (χ3v) is 3.71. The second-order valence-electron chi connectivity index (χ2n) is 5.49. The molecule has 134 valence electrons. The summed E-state index contributed by atoms with van der Waals surface area (Å²) in [6.45, 7) is 0.565. The average molecular weight is 353 g/mol. The van der Waals surface area contributed by atoms with Crippen LogP contribution in [0.4, 0.5) is 10.5 Å². The van der Waals surface area contributed by atoms with E-state index in [1.54, 1.807) is 31.4 Å². The summed E-state index contributed by atoms with van der Waals surface area (Å²) in [7, 11) is 1.56. The Balaban J connectivity index is 1.44. The van der Waals surface area contributed by atoms with Crippen LogP contribution in [0.25, 0.3) is 10.9 Å². The minimum atomic E-state index is -0.363. The fourth-order valence-corrected chi connectivity index (χ4v) is 2.45. The standard InChI is InChI=1S/C18H19N5O3/c1-26-13-6-4-5-12(11-13)21-18(25)20-10-9-19-17(24)16-14-7-2-3-8-15(14)22-23-16/h2-8,11H,9-10H2,1H3,(H,19,24)(H,22,23)(H2,20,21,25). The maximum absolute atomic E-state index is 12.2. The Hall–Kier alpha value is -3.55. The molecule has 0 radical (unpaired) electrons. The van der Waals surface area contributed by atoms with E-state index >= 15 is 0 Å². The van der Waals surface area contributed by atoms with Crippen molar-refractivity contribution in [2.45, 2.75) is 0 Å². The van der Waals surface area contributed by atoms with Gasteiger partial charge in [-0.1, -0.05) is 24.3 Å². The number of rotatable bonds is 6. The van der Waals surface area contributed by atoms with Crippen LogP contribution >= 0.6 is 0 Å². The van der Waals surface area contributed by atoms with Crippen LogP contribution in [-0.2, 0) is 0 Å². The van der Waals surface area contributed by atoms with Crippen LogP contribution in [0.3, 0.4) is 0 Å². The molecule has 4 N–H and O–H groups in total. The van der Waals surface area contributed by atoms with E-state index in [9.17, 15) is 9.59 Å². The van der Waals surface area contributed by atoms with Crippen LogP contribution in [0.15, 0.2) is 48.5 Å². The quantitative estimate of drug-likeness (QED) is 0.509. The first-order valence-electron chi connectivity index (χ1n) is 8.07. The fourth-order valence-electron chi connectivity index (χ4n) is 2.45. The number of aromatic nitrogens is 2. The highest BCUT2D eigenvalue weighted by molar-refractivity contribution is 6.04. The lowest BCUT2D eigenvalue weighted by molar-refractivity contribution is 0.0950. The number of amides is 3. The van der Waals surface area contributed by atoms with Crippen molar-refractivity contribution in [2.75, 3.05) is 25.5 Å². The number of benzene rings is 2. The Bertz CT molecular complexity index is 922. The van der Waals surface area contributed by atoms with Crippen molar-refractivity contribution >= 4 is 28.5 Å². The van der Waals surface area contributed by atoms with E-state index < -0.39 is 0 Å². The van der Waals surface area contributed by atoms with Crippen molar-refractivity contribution in [1.82, 2.24) is 20.8 Å². The van der Waals surface area contributed by atoms with Crippen LogP contribution in [0.5, 0.6) is 5.75 Å². The maximum Gasteiger partial charge on any atom is 0.319 e. The highest BCUT2D eigenvalue weighted by Crippen LogP contribution is 2.16. The SMILES string of the molecule is COc1cccc(NC(=O)NCCNC(=O)c2n[nH]c3ccccc23)c1. The lowest BCUT2D eigenvalue weighted by Gasteiger charge is -2.09. The molecule has 0 bridgehead atoms. The molecule has 0 aliphatic heterocycles. The molecular formula is C18H19N5O3. The minimum absolute atomic E-state index is 0.282. The van der Waals surface area contributed by atoms with Crippen LogP contribution < -0.4 is 20.7 Å². The molecule has 2 aromatic carbocycles. The van der Waals surface area contributed by atoms with Gasteiger partial charge in [-0.3, -0.25) is 9.89 Å². The normalized spacial score (nSPS) is 10.3. The van der Waals surface area contributed by atoms with E-state index in [-0.39, 0.29) is 25.0 Å². The van der Waals surface area contributed by atoms with Gasteiger partial charge in [-0.25, -0.2) is 4.79 Å². The monoisotopic (exact) mass is 353 g/mol. The van der Waals surface area contributed by atoms with Gasteiger partial charge in [-0.15, -0.1) is 0 Å². The summed E-state index contributed by atoms with van der Waals surface area (Å²) in [4.78, 5) is 24.1. The molecule has 8 nitrogen and oxygen atoms in total. The zero-order chi connectivity index (χ0) is 18.4. The summed E-state index contributed by atoms with van der Waals surface area (Å²) in [5.41, 5.74) is 1.75. The molecule has 3 rings (SSSR count).